The Morgan fingerprint density at radius 2 is 2.00 bits per heavy atom. The van der Waals surface area contributed by atoms with Gasteiger partial charge in [0, 0.05) is 13.1 Å². The fraction of sp³-hybridized carbons (Fsp3) is 0.800. The average Bonchev–Trinajstić information content (AvgIpc) is 2.56. The molecule has 8 heteroatoms. The summed E-state index contributed by atoms with van der Waals surface area (Å²) in [4.78, 5) is 14.1. The van der Waals surface area contributed by atoms with Crippen LogP contribution in [0.25, 0.3) is 0 Å². The Hall–Kier alpha value is -0.960. The Morgan fingerprint density at radius 1 is 1.30 bits per heavy atom. The third-order valence-electron chi connectivity index (χ3n) is 4.24. The molecule has 0 aliphatic carbocycles. The number of aliphatic hydroxyl groups is 1. The zero-order chi connectivity index (χ0) is 16.9. The number of amides is 1. The largest absolute Gasteiger partial charge is 0.394 e. The lowest BCUT2D eigenvalue weighted by Crippen LogP contribution is -2.49. The SMILES string of the molecule is CCS(=O)(=O)N[C@H]1C=C[C@@H](CC(=O)N2CCCCC2)O[C@@H]1CO. The number of carbonyl (C=O) groups is 1. The molecule has 1 saturated heterocycles. The van der Waals surface area contributed by atoms with E-state index >= 15 is 0 Å². The fourth-order valence-corrected chi connectivity index (χ4v) is 3.66. The monoisotopic (exact) mass is 346 g/mol. The Bertz CT molecular complexity index is 528. The minimum Gasteiger partial charge on any atom is -0.394 e. The Kier molecular flexibility index (Phi) is 6.58. The van der Waals surface area contributed by atoms with Gasteiger partial charge in [0.05, 0.1) is 30.9 Å². The molecule has 0 saturated carbocycles. The molecule has 2 aliphatic rings. The molecule has 3 atom stereocenters. The molecule has 0 aromatic carbocycles. The minimum atomic E-state index is -3.39. The highest BCUT2D eigenvalue weighted by Gasteiger charge is 2.31. The molecule has 0 bridgehead atoms. The molecule has 0 unspecified atom stereocenters. The quantitative estimate of drug-likeness (QED) is 0.661. The van der Waals surface area contributed by atoms with Crippen molar-refractivity contribution in [3.8, 4) is 0 Å². The van der Waals surface area contributed by atoms with Gasteiger partial charge in [0.2, 0.25) is 15.9 Å². The molecule has 1 amide bonds. The summed E-state index contributed by atoms with van der Waals surface area (Å²) in [6.07, 6.45) is 5.73. The Morgan fingerprint density at radius 3 is 2.61 bits per heavy atom. The zero-order valence-corrected chi connectivity index (χ0v) is 14.3. The van der Waals surface area contributed by atoms with Gasteiger partial charge in [-0.2, -0.15) is 0 Å². The van der Waals surface area contributed by atoms with Crippen LogP contribution >= 0.6 is 0 Å². The summed E-state index contributed by atoms with van der Waals surface area (Å²) in [5, 5.41) is 9.44. The predicted octanol–water partition coefficient (Wildman–Crippen LogP) is 0.0128. The Labute approximate surface area is 137 Å². The first kappa shape index (κ1) is 18.4. The van der Waals surface area contributed by atoms with Gasteiger partial charge in [-0.05, 0) is 26.2 Å². The summed E-state index contributed by atoms with van der Waals surface area (Å²) in [5.41, 5.74) is 0. The first-order valence-corrected chi connectivity index (χ1v) is 9.83. The molecule has 2 heterocycles. The number of ether oxygens (including phenoxy) is 1. The molecule has 7 nitrogen and oxygen atoms in total. The van der Waals surface area contributed by atoms with E-state index in [2.05, 4.69) is 4.72 Å². The van der Waals surface area contributed by atoms with E-state index in [-0.39, 0.29) is 24.7 Å². The third-order valence-corrected chi connectivity index (χ3v) is 5.63. The number of carbonyl (C=O) groups excluding carboxylic acids is 1. The van der Waals surface area contributed by atoms with Crippen LogP contribution in [0.5, 0.6) is 0 Å². The summed E-state index contributed by atoms with van der Waals surface area (Å²) in [7, 11) is -3.39. The van der Waals surface area contributed by atoms with Crippen molar-refractivity contribution in [3.05, 3.63) is 12.2 Å². The number of nitrogens with one attached hydrogen (secondary N) is 1. The highest BCUT2D eigenvalue weighted by atomic mass is 32.2. The smallest absolute Gasteiger partial charge is 0.225 e. The first-order chi connectivity index (χ1) is 10.9. The molecule has 132 valence electrons. The second-order valence-electron chi connectivity index (χ2n) is 5.97. The first-order valence-electron chi connectivity index (χ1n) is 8.17. The van der Waals surface area contributed by atoms with Gasteiger partial charge >= 0.3 is 0 Å². The number of sulfonamides is 1. The van der Waals surface area contributed by atoms with Crippen LogP contribution in [0.2, 0.25) is 0 Å². The summed E-state index contributed by atoms with van der Waals surface area (Å²) < 4.78 is 31.5. The highest BCUT2D eigenvalue weighted by Crippen LogP contribution is 2.18. The second-order valence-corrected chi connectivity index (χ2v) is 8.02. The maximum Gasteiger partial charge on any atom is 0.225 e. The van der Waals surface area contributed by atoms with Gasteiger partial charge in [0.1, 0.15) is 6.10 Å². The van der Waals surface area contributed by atoms with Crippen molar-refractivity contribution >= 4 is 15.9 Å². The molecule has 0 spiro atoms. The van der Waals surface area contributed by atoms with Crippen LogP contribution in [0.15, 0.2) is 12.2 Å². The summed E-state index contributed by atoms with van der Waals surface area (Å²) in [6.45, 7) is 2.81. The molecule has 0 aromatic rings. The van der Waals surface area contributed by atoms with Gasteiger partial charge in [-0.1, -0.05) is 12.2 Å². The van der Waals surface area contributed by atoms with Crippen molar-refractivity contribution in [3.63, 3.8) is 0 Å². The number of aliphatic hydroxyl groups excluding tert-OH is 1. The van der Waals surface area contributed by atoms with E-state index in [1.807, 2.05) is 4.90 Å². The van der Waals surface area contributed by atoms with Crippen LogP contribution < -0.4 is 4.72 Å². The van der Waals surface area contributed by atoms with Crippen molar-refractivity contribution in [1.29, 1.82) is 0 Å². The minimum absolute atomic E-state index is 0.0354. The molecule has 2 rings (SSSR count). The average molecular weight is 346 g/mol. The molecule has 23 heavy (non-hydrogen) atoms. The van der Waals surface area contributed by atoms with Gasteiger partial charge in [0.25, 0.3) is 0 Å². The third kappa shape index (κ3) is 5.27. The van der Waals surface area contributed by atoms with E-state index < -0.39 is 28.3 Å². The van der Waals surface area contributed by atoms with Gasteiger partial charge in [-0.15, -0.1) is 0 Å². The summed E-state index contributed by atoms with van der Waals surface area (Å²) in [6, 6.07) is -0.605. The van der Waals surface area contributed by atoms with E-state index in [4.69, 9.17) is 4.74 Å². The highest BCUT2D eigenvalue weighted by molar-refractivity contribution is 7.89. The number of hydrogen-bond acceptors (Lipinski definition) is 5. The van der Waals surface area contributed by atoms with Crippen LogP contribution in [-0.4, -0.2) is 68.0 Å². The second kappa shape index (κ2) is 8.23. The van der Waals surface area contributed by atoms with Gasteiger partial charge in [0.15, 0.2) is 0 Å². The molecule has 2 aliphatic heterocycles. The lowest BCUT2D eigenvalue weighted by molar-refractivity contribution is -0.136. The van der Waals surface area contributed by atoms with Gasteiger partial charge in [-0.25, -0.2) is 13.1 Å². The fourth-order valence-electron chi connectivity index (χ4n) is 2.85. The standard InChI is InChI=1S/C15H26N2O5S/c1-2-23(20,21)16-13-7-6-12(22-14(13)11-18)10-15(19)17-8-4-3-5-9-17/h6-7,12-14,16,18H,2-5,8-11H2,1H3/t12-,13-,14+/m0/s1. The van der Waals surface area contributed by atoms with Crippen molar-refractivity contribution < 1.29 is 23.1 Å². The van der Waals surface area contributed by atoms with E-state index in [0.717, 1.165) is 32.4 Å². The maximum atomic E-state index is 12.3. The van der Waals surface area contributed by atoms with E-state index in [9.17, 15) is 18.3 Å². The summed E-state index contributed by atoms with van der Waals surface area (Å²) in [5.74, 6) is 0.00967. The number of hydrogen-bond donors (Lipinski definition) is 2. The van der Waals surface area contributed by atoms with Crippen molar-refractivity contribution in [2.24, 2.45) is 0 Å². The lowest BCUT2D eigenvalue weighted by atomic mass is 10.0. The molecule has 0 radical (unpaired) electrons. The number of piperidine rings is 1. The van der Waals surface area contributed by atoms with Gasteiger partial charge in [-0.3, -0.25) is 4.79 Å². The van der Waals surface area contributed by atoms with Crippen molar-refractivity contribution in [2.75, 3.05) is 25.4 Å². The van der Waals surface area contributed by atoms with Crippen molar-refractivity contribution in [1.82, 2.24) is 9.62 Å². The molecule has 1 fully saturated rings. The number of likely N-dealkylation sites (tertiary alicyclic amines) is 1. The molecular formula is C15H26N2O5S. The topological polar surface area (TPSA) is 95.9 Å². The molecule has 2 N–H and O–H groups in total. The van der Waals surface area contributed by atoms with Crippen molar-refractivity contribution in [2.45, 2.75) is 50.9 Å². The van der Waals surface area contributed by atoms with Crippen LogP contribution in [-0.2, 0) is 19.6 Å². The number of rotatable bonds is 6. The van der Waals surface area contributed by atoms with Gasteiger partial charge < -0.3 is 14.7 Å². The van der Waals surface area contributed by atoms with E-state index in [0.29, 0.717) is 0 Å². The lowest BCUT2D eigenvalue weighted by Gasteiger charge is -2.33. The molecular weight excluding hydrogens is 320 g/mol. The maximum absolute atomic E-state index is 12.3. The predicted molar refractivity (Wildman–Crippen MR) is 86.3 cm³/mol. The number of nitrogens with zero attached hydrogens (tertiary/aromatic N) is 1. The summed E-state index contributed by atoms with van der Waals surface area (Å²) >= 11 is 0. The van der Waals surface area contributed by atoms with E-state index in [1.54, 1.807) is 19.1 Å². The Balaban J connectivity index is 1.94. The molecule has 0 aromatic heterocycles. The normalized spacial score (nSPS) is 28.8. The van der Waals surface area contributed by atoms with Crippen LogP contribution in [0.4, 0.5) is 0 Å². The zero-order valence-electron chi connectivity index (χ0n) is 13.5. The van der Waals surface area contributed by atoms with E-state index in [1.165, 1.54) is 0 Å². The van der Waals surface area contributed by atoms with Crippen LogP contribution in [0.1, 0.15) is 32.6 Å². The van der Waals surface area contributed by atoms with Crippen LogP contribution in [0, 0.1) is 0 Å². The van der Waals surface area contributed by atoms with Crippen LogP contribution in [0.3, 0.4) is 0 Å².